The fourth-order valence-electron chi connectivity index (χ4n) is 3.29. The van der Waals surface area contributed by atoms with Gasteiger partial charge in [0, 0.05) is 39.6 Å². The van der Waals surface area contributed by atoms with Gasteiger partial charge in [-0.3, -0.25) is 14.5 Å². The average molecular weight is 331 g/mol. The summed E-state index contributed by atoms with van der Waals surface area (Å²) in [5, 5.41) is 3.16. The number of benzene rings is 1. The van der Waals surface area contributed by atoms with Crippen LogP contribution < -0.4 is 5.32 Å². The zero-order valence-corrected chi connectivity index (χ0v) is 14.1. The molecule has 0 bridgehead atoms. The Kier molecular flexibility index (Phi) is 5.48. The van der Waals surface area contributed by atoms with Crippen LogP contribution in [0.4, 0.5) is 0 Å². The molecule has 2 heterocycles. The zero-order chi connectivity index (χ0) is 16.9. The zero-order valence-electron chi connectivity index (χ0n) is 14.1. The predicted octanol–water partition coefficient (Wildman–Crippen LogP) is 0.654. The van der Waals surface area contributed by atoms with Crippen molar-refractivity contribution in [1.82, 2.24) is 15.1 Å². The van der Waals surface area contributed by atoms with Gasteiger partial charge in [0.05, 0.1) is 25.2 Å². The first kappa shape index (κ1) is 16.9. The van der Waals surface area contributed by atoms with E-state index in [0.717, 1.165) is 38.4 Å². The topological polar surface area (TPSA) is 61.9 Å². The standard InChI is InChI=1S/C18H25N3O3/c1-20-12-15(11-17(20)22)18(23)19-16(14-5-3-2-4-6-14)13-21-7-9-24-10-8-21/h2-6,15-16H,7-13H2,1H3,(H,19,23). The van der Waals surface area contributed by atoms with E-state index in [-0.39, 0.29) is 23.8 Å². The Hall–Kier alpha value is -1.92. The molecule has 2 amide bonds. The molecular formula is C18H25N3O3. The molecule has 2 fully saturated rings. The van der Waals surface area contributed by atoms with E-state index in [0.29, 0.717) is 13.0 Å². The minimum Gasteiger partial charge on any atom is -0.379 e. The van der Waals surface area contributed by atoms with Crippen molar-refractivity contribution in [2.24, 2.45) is 5.92 Å². The number of ether oxygens (including phenoxy) is 1. The van der Waals surface area contributed by atoms with Gasteiger partial charge in [-0.25, -0.2) is 0 Å². The molecule has 1 N–H and O–H groups in total. The molecule has 1 aromatic rings. The first-order valence-corrected chi connectivity index (χ1v) is 8.53. The van der Waals surface area contributed by atoms with Crippen molar-refractivity contribution in [3.05, 3.63) is 35.9 Å². The third-order valence-electron chi connectivity index (χ3n) is 4.77. The molecule has 0 aromatic heterocycles. The van der Waals surface area contributed by atoms with E-state index < -0.39 is 0 Å². The summed E-state index contributed by atoms with van der Waals surface area (Å²) in [6, 6.07) is 9.95. The van der Waals surface area contributed by atoms with Gasteiger partial charge in [0.2, 0.25) is 11.8 Å². The maximum absolute atomic E-state index is 12.6. The number of carbonyl (C=O) groups is 2. The van der Waals surface area contributed by atoms with Gasteiger partial charge >= 0.3 is 0 Å². The van der Waals surface area contributed by atoms with E-state index in [9.17, 15) is 9.59 Å². The number of amides is 2. The van der Waals surface area contributed by atoms with Crippen LogP contribution in [0.1, 0.15) is 18.0 Å². The minimum atomic E-state index is -0.251. The number of likely N-dealkylation sites (tertiary alicyclic amines) is 1. The van der Waals surface area contributed by atoms with Crippen molar-refractivity contribution in [3.8, 4) is 0 Å². The fourth-order valence-corrected chi connectivity index (χ4v) is 3.29. The molecule has 0 saturated carbocycles. The normalized spacial score (nSPS) is 23.3. The van der Waals surface area contributed by atoms with Gasteiger partial charge in [0.15, 0.2) is 0 Å². The molecule has 2 unspecified atom stereocenters. The van der Waals surface area contributed by atoms with Crippen molar-refractivity contribution in [3.63, 3.8) is 0 Å². The first-order valence-electron chi connectivity index (χ1n) is 8.53. The van der Waals surface area contributed by atoms with Crippen LogP contribution in [0.25, 0.3) is 0 Å². The Labute approximate surface area is 142 Å². The van der Waals surface area contributed by atoms with Crippen LogP contribution in [0.3, 0.4) is 0 Å². The van der Waals surface area contributed by atoms with Crippen molar-refractivity contribution in [2.75, 3.05) is 46.4 Å². The third kappa shape index (κ3) is 4.13. The maximum atomic E-state index is 12.6. The van der Waals surface area contributed by atoms with E-state index in [4.69, 9.17) is 4.74 Å². The SMILES string of the molecule is CN1CC(C(=O)NC(CN2CCOCC2)c2ccccc2)CC1=O. The molecule has 130 valence electrons. The van der Waals surface area contributed by atoms with Gasteiger partial charge in [-0.05, 0) is 5.56 Å². The van der Waals surface area contributed by atoms with Crippen molar-refractivity contribution < 1.29 is 14.3 Å². The highest BCUT2D eigenvalue weighted by Gasteiger charge is 2.33. The van der Waals surface area contributed by atoms with Crippen LogP contribution in [0.5, 0.6) is 0 Å². The molecule has 1 aromatic carbocycles. The van der Waals surface area contributed by atoms with Crippen LogP contribution in [-0.4, -0.2) is 68.1 Å². The monoisotopic (exact) mass is 331 g/mol. The van der Waals surface area contributed by atoms with Crippen LogP contribution in [-0.2, 0) is 14.3 Å². The molecule has 0 spiro atoms. The summed E-state index contributed by atoms with van der Waals surface area (Å²) in [5.74, 6) is -0.243. The van der Waals surface area contributed by atoms with Crippen LogP contribution >= 0.6 is 0 Å². The Balaban J connectivity index is 1.67. The van der Waals surface area contributed by atoms with Gasteiger partial charge in [-0.15, -0.1) is 0 Å². The van der Waals surface area contributed by atoms with Gasteiger partial charge in [0.1, 0.15) is 0 Å². The van der Waals surface area contributed by atoms with E-state index in [1.165, 1.54) is 0 Å². The molecule has 2 aliphatic rings. The summed E-state index contributed by atoms with van der Waals surface area (Å²) < 4.78 is 5.40. The van der Waals surface area contributed by atoms with E-state index in [2.05, 4.69) is 10.2 Å². The molecule has 2 aliphatic heterocycles. The average Bonchev–Trinajstić information content (AvgIpc) is 2.95. The molecule has 0 radical (unpaired) electrons. The third-order valence-corrected chi connectivity index (χ3v) is 4.77. The lowest BCUT2D eigenvalue weighted by atomic mass is 10.0. The van der Waals surface area contributed by atoms with Gasteiger partial charge in [0.25, 0.3) is 0 Å². The summed E-state index contributed by atoms with van der Waals surface area (Å²) in [4.78, 5) is 28.3. The number of rotatable bonds is 5. The van der Waals surface area contributed by atoms with Gasteiger partial charge in [-0.2, -0.15) is 0 Å². The second kappa shape index (κ2) is 7.77. The highest BCUT2D eigenvalue weighted by molar-refractivity contribution is 5.89. The number of nitrogens with zero attached hydrogens (tertiary/aromatic N) is 2. The Morgan fingerprint density at radius 2 is 2.00 bits per heavy atom. The second-order valence-corrected chi connectivity index (χ2v) is 6.56. The van der Waals surface area contributed by atoms with E-state index >= 15 is 0 Å². The quantitative estimate of drug-likeness (QED) is 0.861. The largest absolute Gasteiger partial charge is 0.379 e. The summed E-state index contributed by atoms with van der Waals surface area (Å²) in [7, 11) is 1.75. The summed E-state index contributed by atoms with van der Waals surface area (Å²) in [5.41, 5.74) is 1.09. The predicted molar refractivity (Wildman–Crippen MR) is 90.3 cm³/mol. The lowest BCUT2D eigenvalue weighted by Gasteiger charge is -2.31. The summed E-state index contributed by atoms with van der Waals surface area (Å²) in [6.45, 7) is 4.49. The van der Waals surface area contributed by atoms with Crippen LogP contribution in [0.2, 0.25) is 0 Å². The molecule has 3 rings (SSSR count). The Morgan fingerprint density at radius 3 is 2.62 bits per heavy atom. The second-order valence-electron chi connectivity index (χ2n) is 6.56. The molecule has 6 heteroatoms. The number of hydrogen-bond donors (Lipinski definition) is 1. The maximum Gasteiger partial charge on any atom is 0.225 e. The Morgan fingerprint density at radius 1 is 1.29 bits per heavy atom. The first-order chi connectivity index (χ1) is 11.6. The van der Waals surface area contributed by atoms with Crippen LogP contribution in [0.15, 0.2) is 30.3 Å². The summed E-state index contributed by atoms with van der Waals surface area (Å²) >= 11 is 0. The molecular weight excluding hydrogens is 306 g/mol. The van der Waals surface area contributed by atoms with Gasteiger partial charge in [-0.1, -0.05) is 30.3 Å². The van der Waals surface area contributed by atoms with Crippen LogP contribution in [0, 0.1) is 5.92 Å². The number of nitrogens with one attached hydrogen (secondary N) is 1. The number of hydrogen-bond acceptors (Lipinski definition) is 4. The summed E-state index contributed by atoms with van der Waals surface area (Å²) in [6.07, 6.45) is 0.307. The smallest absolute Gasteiger partial charge is 0.225 e. The van der Waals surface area contributed by atoms with Crippen molar-refractivity contribution in [1.29, 1.82) is 0 Å². The Bertz CT molecular complexity index is 572. The molecule has 2 atom stereocenters. The van der Waals surface area contributed by atoms with Crippen molar-refractivity contribution in [2.45, 2.75) is 12.5 Å². The van der Waals surface area contributed by atoms with E-state index in [1.807, 2.05) is 30.3 Å². The lowest BCUT2D eigenvalue weighted by Crippen LogP contribution is -2.44. The van der Waals surface area contributed by atoms with Gasteiger partial charge < -0.3 is 15.0 Å². The number of carbonyl (C=O) groups excluding carboxylic acids is 2. The fraction of sp³-hybridized carbons (Fsp3) is 0.556. The highest BCUT2D eigenvalue weighted by atomic mass is 16.5. The molecule has 6 nitrogen and oxygen atoms in total. The highest BCUT2D eigenvalue weighted by Crippen LogP contribution is 2.20. The number of morpholine rings is 1. The molecule has 24 heavy (non-hydrogen) atoms. The van der Waals surface area contributed by atoms with Crippen molar-refractivity contribution >= 4 is 11.8 Å². The lowest BCUT2D eigenvalue weighted by molar-refractivity contribution is -0.128. The molecule has 0 aliphatic carbocycles. The minimum absolute atomic E-state index is 0.0326. The van der Waals surface area contributed by atoms with E-state index in [1.54, 1.807) is 11.9 Å². The molecule has 2 saturated heterocycles.